The SMILES string of the molecule is CCCCCNC(=O)CCCOc1cc(OCCCC(=O)NCCCCC)cc(C(O)C(C)C2CC[C@H]3[C@@H]4CCC5CC(=O)CC[C@]5(C)[C@@H]4CC[C@]23C)c1. The standard InChI is InChI=1S/C46H74N2O6/c1-6-8-10-24-47-42(50)14-12-26-53-36-28-33(29-37(31-36)54-27-13-15-43(51)48-25-11-9-7-2)44(52)32(3)39-18-19-40-38-17-16-34-30-35(49)20-22-45(34,4)41(38)21-23-46(39,40)5/h28-29,31-32,34,38-41,44,52H,6-27,30H2,1-5H3,(H,47,50)(H,48,51)/t32?,34?,38-,39?,40-,41+,44?,45-,46+/m0/s1. The number of nitrogens with one attached hydrogen (secondary N) is 2. The highest BCUT2D eigenvalue weighted by atomic mass is 16.5. The van der Waals surface area contributed by atoms with E-state index in [9.17, 15) is 19.5 Å². The van der Waals surface area contributed by atoms with Crippen LogP contribution < -0.4 is 20.1 Å². The number of ether oxygens (including phenoxy) is 2. The van der Waals surface area contributed by atoms with Crippen LogP contribution in [0.1, 0.15) is 168 Å². The smallest absolute Gasteiger partial charge is 0.220 e. The number of Topliss-reactive ketones (excluding diaryl/α,β-unsaturated/α-hetero) is 1. The zero-order valence-corrected chi connectivity index (χ0v) is 34.5. The molecule has 54 heavy (non-hydrogen) atoms. The van der Waals surface area contributed by atoms with E-state index < -0.39 is 6.10 Å². The number of ketones is 1. The van der Waals surface area contributed by atoms with E-state index in [0.717, 1.165) is 88.8 Å². The third kappa shape index (κ3) is 10.4. The fraction of sp³-hybridized carbons (Fsp3) is 0.804. The zero-order chi connectivity index (χ0) is 38.7. The maximum Gasteiger partial charge on any atom is 0.220 e. The van der Waals surface area contributed by atoms with Gasteiger partial charge in [-0.05, 0) is 135 Å². The van der Waals surface area contributed by atoms with Crippen LogP contribution in [0.2, 0.25) is 0 Å². The number of rotatable bonds is 21. The number of carbonyl (C=O) groups excluding carboxylic acids is 3. The first-order chi connectivity index (χ1) is 26.0. The van der Waals surface area contributed by atoms with Crippen LogP contribution in [-0.4, -0.2) is 49.0 Å². The number of fused-ring (bicyclic) bond motifs is 5. The summed E-state index contributed by atoms with van der Waals surface area (Å²) in [4.78, 5) is 37.1. The second-order valence-corrected chi connectivity index (χ2v) is 18.2. The van der Waals surface area contributed by atoms with Crippen molar-refractivity contribution in [2.45, 2.75) is 163 Å². The summed E-state index contributed by atoms with van der Waals surface area (Å²) in [6, 6.07) is 5.79. The quantitative estimate of drug-likeness (QED) is 0.108. The molecule has 0 bridgehead atoms. The Morgan fingerprint density at radius 1 is 0.778 bits per heavy atom. The Morgan fingerprint density at radius 3 is 1.96 bits per heavy atom. The second kappa shape index (κ2) is 20.0. The van der Waals surface area contributed by atoms with Crippen LogP contribution in [0.4, 0.5) is 0 Å². The van der Waals surface area contributed by atoms with E-state index in [0.29, 0.717) is 85.3 Å². The number of carbonyl (C=O) groups is 3. The minimum Gasteiger partial charge on any atom is -0.493 e. The van der Waals surface area contributed by atoms with Crippen LogP contribution in [-0.2, 0) is 14.4 Å². The molecule has 3 N–H and O–H groups in total. The molecule has 1 aromatic carbocycles. The van der Waals surface area contributed by atoms with Crippen LogP contribution in [0.25, 0.3) is 0 Å². The average molecular weight is 751 g/mol. The molecule has 9 atom stereocenters. The van der Waals surface area contributed by atoms with Crippen molar-refractivity contribution in [1.29, 1.82) is 0 Å². The molecule has 0 saturated heterocycles. The summed E-state index contributed by atoms with van der Waals surface area (Å²) in [5.41, 5.74) is 1.30. The molecule has 8 heteroatoms. The van der Waals surface area contributed by atoms with Crippen LogP contribution >= 0.6 is 0 Å². The largest absolute Gasteiger partial charge is 0.493 e. The van der Waals surface area contributed by atoms with Gasteiger partial charge in [0.25, 0.3) is 0 Å². The molecule has 1 aromatic rings. The molecular weight excluding hydrogens is 677 g/mol. The zero-order valence-electron chi connectivity index (χ0n) is 34.5. The first-order valence-corrected chi connectivity index (χ1v) is 22.1. The first-order valence-electron chi connectivity index (χ1n) is 22.1. The van der Waals surface area contributed by atoms with Gasteiger partial charge in [-0.1, -0.05) is 60.3 Å². The van der Waals surface area contributed by atoms with E-state index in [1.807, 2.05) is 18.2 Å². The summed E-state index contributed by atoms with van der Waals surface area (Å²) in [6.07, 6.45) is 17.8. The van der Waals surface area contributed by atoms with Crippen molar-refractivity contribution in [2.75, 3.05) is 26.3 Å². The van der Waals surface area contributed by atoms with Gasteiger partial charge in [-0.2, -0.15) is 0 Å². The Hall–Kier alpha value is -2.61. The van der Waals surface area contributed by atoms with Gasteiger partial charge in [-0.25, -0.2) is 0 Å². The molecule has 0 aromatic heterocycles. The van der Waals surface area contributed by atoms with E-state index in [1.165, 1.54) is 32.1 Å². The normalized spacial score (nSPS) is 30.0. The minimum absolute atomic E-state index is 0.0551. The molecule has 304 valence electrons. The molecule has 5 rings (SSSR count). The van der Waals surface area contributed by atoms with Crippen molar-refractivity contribution in [3.05, 3.63) is 23.8 Å². The second-order valence-electron chi connectivity index (χ2n) is 18.2. The summed E-state index contributed by atoms with van der Waals surface area (Å²) in [5.74, 6) is 5.01. The first kappa shape index (κ1) is 42.5. The molecule has 4 saturated carbocycles. The molecule has 0 heterocycles. The number of aliphatic hydroxyl groups is 1. The summed E-state index contributed by atoms with van der Waals surface area (Å²) in [7, 11) is 0. The minimum atomic E-state index is -0.672. The van der Waals surface area contributed by atoms with Crippen molar-refractivity contribution in [3.63, 3.8) is 0 Å². The molecule has 4 fully saturated rings. The van der Waals surface area contributed by atoms with Gasteiger partial charge in [0, 0.05) is 44.8 Å². The number of unbranched alkanes of at least 4 members (excludes halogenated alkanes) is 4. The number of aliphatic hydroxyl groups excluding tert-OH is 1. The van der Waals surface area contributed by atoms with Crippen molar-refractivity contribution in [1.82, 2.24) is 10.6 Å². The summed E-state index contributed by atoms with van der Waals surface area (Å²) in [6.45, 7) is 13.8. The Kier molecular flexibility index (Phi) is 15.8. The molecule has 2 amide bonds. The van der Waals surface area contributed by atoms with Crippen molar-refractivity contribution in [3.8, 4) is 11.5 Å². The van der Waals surface area contributed by atoms with E-state index in [1.54, 1.807) is 0 Å². The van der Waals surface area contributed by atoms with Gasteiger partial charge in [0.1, 0.15) is 17.3 Å². The Bertz CT molecular complexity index is 1330. The highest BCUT2D eigenvalue weighted by molar-refractivity contribution is 5.79. The highest BCUT2D eigenvalue weighted by Gasteiger charge is 2.61. The third-order valence-corrected chi connectivity index (χ3v) is 14.8. The van der Waals surface area contributed by atoms with Gasteiger partial charge >= 0.3 is 0 Å². The Labute approximate surface area is 327 Å². The molecule has 8 nitrogen and oxygen atoms in total. The van der Waals surface area contributed by atoms with Gasteiger partial charge < -0.3 is 25.2 Å². The lowest BCUT2D eigenvalue weighted by atomic mass is 9.44. The third-order valence-electron chi connectivity index (χ3n) is 14.8. The lowest BCUT2D eigenvalue weighted by molar-refractivity contribution is -0.141. The van der Waals surface area contributed by atoms with Gasteiger partial charge in [-0.15, -0.1) is 0 Å². The van der Waals surface area contributed by atoms with Crippen LogP contribution in [0.3, 0.4) is 0 Å². The van der Waals surface area contributed by atoms with Gasteiger partial charge in [0.2, 0.25) is 11.8 Å². The number of hydrogen-bond donors (Lipinski definition) is 3. The van der Waals surface area contributed by atoms with E-state index in [4.69, 9.17) is 9.47 Å². The summed E-state index contributed by atoms with van der Waals surface area (Å²) in [5, 5.41) is 18.2. The van der Waals surface area contributed by atoms with Crippen LogP contribution in [0, 0.1) is 46.3 Å². The predicted octanol–water partition coefficient (Wildman–Crippen LogP) is 9.51. The molecule has 4 aliphatic rings. The molecular formula is C46H74N2O6. The van der Waals surface area contributed by atoms with Crippen molar-refractivity contribution >= 4 is 17.6 Å². The van der Waals surface area contributed by atoms with Gasteiger partial charge in [0.15, 0.2) is 0 Å². The molecule has 0 aliphatic heterocycles. The van der Waals surface area contributed by atoms with Gasteiger partial charge in [0.05, 0.1) is 19.3 Å². The monoisotopic (exact) mass is 751 g/mol. The maximum absolute atomic E-state index is 12.4. The Balaban J connectivity index is 1.22. The molecule has 0 radical (unpaired) electrons. The Morgan fingerprint density at radius 2 is 1.37 bits per heavy atom. The van der Waals surface area contributed by atoms with E-state index >= 15 is 0 Å². The topological polar surface area (TPSA) is 114 Å². The molecule has 4 unspecified atom stereocenters. The summed E-state index contributed by atoms with van der Waals surface area (Å²) >= 11 is 0. The fourth-order valence-electron chi connectivity index (χ4n) is 11.6. The highest BCUT2D eigenvalue weighted by Crippen LogP contribution is 2.68. The fourth-order valence-corrected chi connectivity index (χ4v) is 11.6. The van der Waals surface area contributed by atoms with Crippen molar-refractivity contribution < 1.29 is 29.0 Å². The predicted molar refractivity (Wildman–Crippen MR) is 215 cm³/mol. The van der Waals surface area contributed by atoms with E-state index in [-0.39, 0.29) is 23.1 Å². The number of benzene rings is 1. The lowest BCUT2D eigenvalue weighted by Crippen LogP contribution is -2.54. The van der Waals surface area contributed by atoms with Crippen molar-refractivity contribution in [2.24, 2.45) is 46.3 Å². The van der Waals surface area contributed by atoms with Gasteiger partial charge in [-0.3, -0.25) is 14.4 Å². The number of hydrogen-bond acceptors (Lipinski definition) is 6. The van der Waals surface area contributed by atoms with Crippen LogP contribution in [0.5, 0.6) is 11.5 Å². The molecule has 4 aliphatic carbocycles. The van der Waals surface area contributed by atoms with Crippen LogP contribution in [0.15, 0.2) is 18.2 Å². The number of amides is 2. The molecule has 0 spiro atoms. The maximum atomic E-state index is 12.4. The van der Waals surface area contributed by atoms with E-state index in [2.05, 4.69) is 45.3 Å². The summed E-state index contributed by atoms with van der Waals surface area (Å²) < 4.78 is 12.4. The lowest BCUT2D eigenvalue weighted by Gasteiger charge is -2.60. The average Bonchev–Trinajstić information content (AvgIpc) is 3.52.